The van der Waals surface area contributed by atoms with Crippen molar-refractivity contribution in [1.82, 2.24) is 5.32 Å². The van der Waals surface area contributed by atoms with Gasteiger partial charge < -0.3 is 10.1 Å². The number of thioether (sulfide) groups is 1. The van der Waals surface area contributed by atoms with Gasteiger partial charge in [0.25, 0.3) is 0 Å². The van der Waals surface area contributed by atoms with Crippen molar-refractivity contribution in [1.29, 1.82) is 0 Å². The lowest BCUT2D eigenvalue weighted by atomic mass is 9.99. The van der Waals surface area contributed by atoms with Crippen LogP contribution >= 0.6 is 35.7 Å². The number of hydrogen-bond donors (Lipinski definition) is 1. The Bertz CT molecular complexity index is 197. The lowest BCUT2D eigenvalue weighted by molar-refractivity contribution is 0.0764. The Balaban J connectivity index is 0.00000144. The van der Waals surface area contributed by atoms with Crippen LogP contribution in [0.25, 0.3) is 0 Å². The maximum Gasteiger partial charge on any atom is 0.159 e. The molecule has 1 atom stereocenters. The summed E-state index contributed by atoms with van der Waals surface area (Å²) in [5, 5.41) is 4.31. The number of ether oxygens (including phenoxy) is 1. The van der Waals surface area contributed by atoms with Gasteiger partial charge in [-0.05, 0) is 20.1 Å². The van der Waals surface area contributed by atoms with Gasteiger partial charge in [-0.25, -0.2) is 4.99 Å². The molecule has 0 aliphatic carbocycles. The van der Waals surface area contributed by atoms with Crippen molar-refractivity contribution in [2.45, 2.75) is 32.0 Å². The minimum Gasteiger partial charge on any atom is -0.360 e. The number of nitrogens with zero attached hydrogens (tertiary/aromatic N) is 1. The van der Waals surface area contributed by atoms with Gasteiger partial charge in [0.1, 0.15) is 0 Å². The number of hydrogen-bond acceptors (Lipinski definition) is 4. The minimum absolute atomic E-state index is 0. The molecule has 0 bridgehead atoms. The molecular weight excluding hydrogens is 299 g/mol. The molecule has 0 saturated carbocycles. The van der Waals surface area contributed by atoms with E-state index in [1.165, 1.54) is 0 Å². The second kappa shape index (κ2) is 5.41. The zero-order valence-electron chi connectivity index (χ0n) is 8.46. The van der Waals surface area contributed by atoms with E-state index in [4.69, 9.17) is 4.74 Å². The van der Waals surface area contributed by atoms with Crippen molar-refractivity contribution in [2.75, 3.05) is 13.4 Å². The average Bonchev–Trinajstić information content (AvgIpc) is 2.01. The number of rotatable bonds is 1. The molecule has 0 saturated heterocycles. The number of aliphatic imine (C=N–C) groups is 1. The molecular formula is C8H17IN2OS. The minimum atomic E-state index is 0. The van der Waals surface area contributed by atoms with E-state index in [-0.39, 0.29) is 35.7 Å². The summed E-state index contributed by atoms with van der Waals surface area (Å²) in [6.07, 6.45) is 2.96. The fraction of sp³-hybridized carbons (Fsp3) is 0.875. The first-order valence-corrected chi connectivity index (χ1v) is 5.22. The fourth-order valence-corrected chi connectivity index (χ4v) is 1.83. The van der Waals surface area contributed by atoms with Crippen molar-refractivity contribution >= 4 is 40.9 Å². The summed E-state index contributed by atoms with van der Waals surface area (Å²) in [6.45, 7) is 4.31. The summed E-state index contributed by atoms with van der Waals surface area (Å²) in [7, 11) is 1.70. The van der Waals surface area contributed by atoms with Gasteiger partial charge in [-0.3, -0.25) is 0 Å². The van der Waals surface area contributed by atoms with Crippen LogP contribution in [-0.2, 0) is 4.74 Å². The number of halogens is 1. The highest BCUT2D eigenvalue weighted by Gasteiger charge is 2.28. The molecule has 78 valence electrons. The number of methoxy groups -OCH3 is 1. The Morgan fingerprint density at radius 2 is 2.23 bits per heavy atom. The summed E-state index contributed by atoms with van der Waals surface area (Å²) < 4.78 is 5.22. The van der Waals surface area contributed by atoms with Gasteiger partial charge in [0, 0.05) is 19.1 Å². The SMILES string of the molecule is COC1CC(C)(C)NC(SC)=N1.I. The summed E-state index contributed by atoms with van der Waals surface area (Å²) in [6, 6.07) is 0. The normalized spacial score (nSPS) is 25.5. The monoisotopic (exact) mass is 316 g/mol. The van der Waals surface area contributed by atoms with Crippen molar-refractivity contribution in [3.05, 3.63) is 0 Å². The smallest absolute Gasteiger partial charge is 0.159 e. The number of nitrogens with one attached hydrogen (secondary N) is 1. The highest BCUT2D eigenvalue weighted by molar-refractivity contribution is 14.0. The van der Waals surface area contributed by atoms with Crippen LogP contribution < -0.4 is 5.32 Å². The maximum atomic E-state index is 5.22. The van der Waals surface area contributed by atoms with Crippen molar-refractivity contribution < 1.29 is 4.74 Å². The molecule has 1 aliphatic heterocycles. The molecule has 0 fully saturated rings. The first kappa shape index (κ1) is 13.5. The van der Waals surface area contributed by atoms with E-state index in [1.807, 2.05) is 6.26 Å². The third-order valence-corrected chi connectivity index (χ3v) is 2.45. The van der Waals surface area contributed by atoms with Gasteiger partial charge in [-0.1, -0.05) is 11.8 Å². The zero-order valence-corrected chi connectivity index (χ0v) is 11.6. The quantitative estimate of drug-likeness (QED) is 0.752. The van der Waals surface area contributed by atoms with E-state index in [0.29, 0.717) is 0 Å². The van der Waals surface area contributed by atoms with Crippen LogP contribution in [0.5, 0.6) is 0 Å². The van der Waals surface area contributed by atoms with E-state index in [2.05, 4.69) is 24.2 Å². The molecule has 13 heavy (non-hydrogen) atoms. The second-order valence-electron chi connectivity index (χ2n) is 3.54. The van der Waals surface area contributed by atoms with Crippen molar-refractivity contribution in [2.24, 2.45) is 4.99 Å². The molecule has 5 heteroatoms. The standard InChI is InChI=1S/C8H16N2OS.HI/c1-8(2)5-6(11-3)9-7(10-8)12-4;/h6H,5H2,1-4H3,(H,9,10);1H. The van der Waals surface area contributed by atoms with Crippen LogP contribution in [-0.4, -0.2) is 30.3 Å². The molecule has 0 aromatic rings. The Labute approximate surface area is 101 Å². The summed E-state index contributed by atoms with van der Waals surface area (Å²) in [4.78, 5) is 4.36. The lowest BCUT2D eigenvalue weighted by Crippen LogP contribution is -2.48. The van der Waals surface area contributed by atoms with Crippen LogP contribution in [0.1, 0.15) is 20.3 Å². The van der Waals surface area contributed by atoms with Gasteiger partial charge in [-0.15, -0.1) is 24.0 Å². The van der Waals surface area contributed by atoms with Crippen LogP contribution in [0.2, 0.25) is 0 Å². The lowest BCUT2D eigenvalue weighted by Gasteiger charge is -2.34. The highest BCUT2D eigenvalue weighted by Crippen LogP contribution is 2.21. The first-order chi connectivity index (χ1) is 5.57. The zero-order chi connectivity index (χ0) is 9.19. The second-order valence-corrected chi connectivity index (χ2v) is 4.34. The van der Waals surface area contributed by atoms with Crippen molar-refractivity contribution in [3.63, 3.8) is 0 Å². The fourth-order valence-electron chi connectivity index (χ4n) is 1.23. The Kier molecular flexibility index (Phi) is 5.62. The van der Waals surface area contributed by atoms with Gasteiger partial charge in [0.15, 0.2) is 11.4 Å². The molecule has 3 nitrogen and oxygen atoms in total. The third-order valence-electron chi connectivity index (χ3n) is 1.86. The average molecular weight is 316 g/mol. The summed E-state index contributed by atoms with van der Waals surface area (Å²) in [5.74, 6) is 0. The molecule has 1 heterocycles. The molecule has 0 radical (unpaired) electrons. The van der Waals surface area contributed by atoms with Gasteiger partial charge in [0.2, 0.25) is 0 Å². The molecule has 0 spiro atoms. The Hall–Kier alpha value is 0.510. The highest BCUT2D eigenvalue weighted by atomic mass is 127. The van der Waals surface area contributed by atoms with Crippen LogP contribution in [0.3, 0.4) is 0 Å². The molecule has 1 rings (SSSR count). The van der Waals surface area contributed by atoms with E-state index in [1.54, 1.807) is 18.9 Å². The maximum absolute atomic E-state index is 5.22. The first-order valence-electron chi connectivity index (χ1n) is 4.00. The molecule has 0 aromatic carbocycles. The third kappa shape index (κ3) is 4.03. The predicted octanol–water partition coefficient (Wildman–Crippen LogP) is 2.07. The predicted molar refractivity (Wildman–Crippen MR) is 69.0 cm³/mol. The molecule has 1 unspecified atom stereocenters. The van der Waals surface area contributed by atoms with Gasteiger partial charge in [-0.2, -0.15) is 0 Å². The molecule has 0 aromatic heterocycles. The topological polar surface area (TPSA) is 33.6 Å². The van der Waals surface area contributed by atoms with E-state index in [9.17, 15) is 0 Å². The number of amidine groups is 1. The molecule has 0 amide bonds. The Morgan fingerprint density at radius 1 is 1.62 bits per heavy atom. The van der Waals surface area contributed by atoms with E-state index < -0.39 is 0 Å². The van der Waals surface area contributed by atoms with Crippen LogP contribution in [0, 0.1) is 0 Å². The largest absolute Gasteiger partial charge is 0.360 e. The van der Waals surface area contributed by atoms with Crippen LogP contribution in [0.4, 0.5) is 0 Å². The summed E-state index contributed by atoms with van der Waals surface area (Å²) in [5.41, 5.74) is 0.0980. The molecule has 1 N–H and O–H groups in total. The van der Waals surface area contributed by atoms with Gasteiger partial charge in [0.05, 0.1) is 0 Å². The Morgan fingerprint density at radius 3 is 2.69 bits per heavy atom. The van der Waals surface area contributed by atoms with Crippen LogP contribution in [0.15, 0.2) is 4.99 Å². The van der Waals surface area contributed by atoms with E-state index >= 15 is 0 Å². The van der Waals surface area contributed by atoms with Crippen molar-refractivity contribution in [3.8, 4) is 0 Å². The van der Waals surface area contributed by atoms with Gasteiger partial charge >= 0.3 is 0 Å². The van der Waals surface area contributed by atoms with E-state index in [0.717, 1.165) is 11.6 Å². The molecule has 1 aliphatic rings. The summed E-state index contributed by atoms with van der Waals surface area (Å²) >= 11 is 1.63.